The molecule has 0 spiro atoms. The molecule has 0 heterocycles. The Balaban J connectivity index is 2.17. The Kier molecular flexibility index (Phi) is 5.26. The van der Waals surface area contributed by atoms with Crippen LogP contribution in [0.15, 0.2) is 46.9 Å². The van der Waals surface area contributed by atoms with Crippen molar-refractivity contribution in [2.75, 3.05) is 11.9 Å². The summed E-state index contributed by atoms with van der Waals surface area (Å²) < 4.78 is 6.48. The van der Waals surface area contributed by atoms with Gasteiger partial charge in [0, 0.05) is 16.6 Å². The van der Waals surface area contributed by atoms with Gasteiger partial charge in [-0.3, -0.25) is 0 Å². The lowest BCUT2D eigenvalue weighted by Gasteiger charge is -2.13. The van der Waals surface area contributed by atoms with Gasteiger partial charge < -0.3 is 10.1 Å². The quantitative estimate of drug-likeness (QED) is 0.838. The largest absolute Gasteiger partial charge is 0.481 e. The maximum atomic E-state index is 9.09. The van der Waals surface area contributed by atoms with Crippen molar-refractivity contribution in [3.05, 3.63) is 58.1 Å². The summed E-state index contributed by atoms with van der Waals surface area (Å²) in [5.41, 5.74) is 2.37. The molecule has 0 aliphatic carbocycles. The standard InChI is InChI=1S/C17H13BrN2O/c1-2-9-21-17-8-7-15(18)10-14(17)12-20-16-6-4-3-5-13(16)11-19/h1,3-8,10,20H,9,12H2. The minimum Gasteiger partial charge on any atom is -0.481 e. The van der Waals surface area contributed by atoms with E-state index in [-0.39, 0.29) is 6.61 Å². The fourth-order valence-electron chi connectivity index (χ4n) is 1.87. The van der Waals surface area contributed by atoms with Crippen LogP contribution in [0.3, 0.4) is 0 Å². The average molecular weight is 341 g/mol. The zero-order valence-electron chi connectivity index (χ0n) is 11.3. The predicted octanol–water partition coefficient (Wildman–Crippen LogP) is 3.94. The minimum absolute atomic E-state index is 0.226. The summed E-state index contributed by atoms with van der Waals surface area (Å²) in [5.74, 6) is 3.19. The SMILES string of the molecule is C#CCOc1ccc(Br)cc1CNc1ccccc1C#N. The number of nitriles is 1. The molecule has 21 heavy (non-hydrogen) atoms. The number of terminal acetylenes is 1. The highest BCUT2D eigenvalue weighted by molar-refractivity contribution is 9.10. The van der Waals surface area contributed by atoms with E-state index in [9.17, 15) is 0 Å². The molecule has 0 unspecified atom stereocenters. The molecule has 0 amide bonds. The highest BCUT2D eigenvalue weighted by atomic mass is 79.9. The van der Waals surface area contributed by atoms with Gasteiger partial charge in [-0.05, 0) is 30.3 Å². The number of halogens is 1. The molecule has 2 rings (SSSR count). The third kappa shape index (κ3) is 4.02. The van der Waals surface area contributed by atoms with Crippen LogP contribution in [0.5, 0.6) is 5.75 Å². The van der Waals surface area contributed by atoms with Crippen LogP contribution in [0.2, 0.25) is 0 Å². The van der Waals surface area contributed by atoms with Crippen molar-refractivity contribution in [2.24, 2.45) is 0 Å². The first-order valence-electron chi connectivity index (χ1n) is 6.32. The monoisotopic (exact) mass is 340 g/mol. The lowest BCUT2D eigenvalue weighted by atomic mass is 10.1. The molecular formula is C17H13BrN2O. The van der Waals surface area contributed by atoms with E-state index in [0.717, 1.165) is 21.5 Å². The van der Waals surface area contributed by atoms with Crippen molar-refractivity contribution in [3.63, 3.8) is 0 Å². The molecule has 2 aromatic carbocycles. The first-order chi connectivity index (χ1) is 10.2. The van der Waals surface area contributed by atoms with E-state index in [1.807, 2.05) is 36.4 Å². The van der Waals surface area contributed by atoms with Crippen LogP contribution in [0, 0.1) is 23.7 Å². The zero-order valence-corrected chi connectivity index (χ0v) is 12.9. The zero-order chi connectivity index (χ0) is 15.1. The molecule has 3 nitrogen and oxygen atoms in total. The second kappa shape index (κ2) is 7.38. The van der Waals surface area contributed by atoms with Crippen LogP contribution >= 0.6 is 15.9 Å². The van der Waals surface area contributed by atoms with Crippen molar-refractivity contribution >= 4 is 21.6 Å². The Labute approximate surface area is 132 Å². The van der Waals surface area contributed by atoms with Gasteiger partial charge >= 0.3 is 0 Å². The number of benzene rings is 2. The molecule has 4 heteroatoms. The number of nitrogens with one attached hydrogen (secondary N) is 1. The third-order valence-corrected chi connectivity index (χ3v) is 3.34. The van der Waals surface area contributed by atoms with Gasteiger partial charge in [0.2, 0.25) is 0 Å². The number of ether oxygens (including phenoxy) is 1. The van der Waals surface area contributed by atoms with Gasteiger partial charge in [-0.25, -0.2) is 0 Å². The van der Waals surface area contributed by atoms with Crippen LogP contribution < -0.4 is 10.1 Å². The summed E-state index contributed by atoms with van der Waals surface area (Å²) >= 11 is 3.44. The molecule has 0 saturated carbocycles. The van der Waals surface area contributed by atoms with E-state index < -0.39 is 0 Å². The molecule has 0 radical (unpaired) electrons. The Morgan fingerprint density at radius 1 is 1.24 bits per heavy atom. The minimum atomic E-state index is 0.226. The van der Waals surface area contributed by atoms with Crippen LogP contribution in [0.25, 0.3) is 0 Å². The van der Waals surface area contributed by atoms with Gasteiger partial charge in [0.15, 0.2) is 0 Å². The summed E-state index contributed by atoms with van der Waals surface area (Å²) in [4.78, 5) is 0. The maximum Gasteiger partial charge on any atom is 0.148 e. The van der Waals surface area contributed by atoms with Crippen LogP contribution in [-0.4, -0.2) is 6.61 Å². The lowest BCUT2D eigenvalue weighted by molar-refractivity contribution is 0.366. The van der Waals surface area contributed by atoms with E-state index in [0.29, 0.717) is 12.1 Å². The van der Waals surface area contributed by atoms with E-state index in [2.05, 4.69) is 33.2 Å². The molecule has 0 aliphatic rings. The smallest absolute Gasteiger partial charge is 0.148 e. The Bertz CT molecular complexity index is 713. The summed E-state index contributed by atoms with van der Waals surface area (Å²) in [5, 5.41) is 12.3. The number of rotatable bonds is 5. The highest BCUT2D eigenvalue weighted by Gasteiger charge is 2.06. The van der Waals surface area contributed by atoms with Gasteiger partial charge in [0.1, 0.15) is 18.4 Å². The second-order valence-electron chi connectivity index (χ2n) is 4.26. The molecule has 0 saturated heterocycles. The molecular weight excluding hydrogens is 328 g/mol. The Morgan fingerprint density at radius 2 is 2.05 bits per heavy atom. The van der Waals surface area contributed by atoms with Crippen molar-refractivity contribution < 1.29 is 4.74 Å². The number of anilines is 1. The normalized spacial score (nSPS) is 9.48. The highest BCUT2D eigenvalue weighted by Crippen LogP contribution is 2.25. The fraction of sp³-hybridized carbons (Fsp3) is 0.118. The Morgan fingerprint density at radius 3 is 2.81 bits per heavy atom. The molecule has 0 aromatic heterocycles. The van der Waals surface area contributed by atoms with Gasteiger partial charge in [-0.2, -0.15) is 5.26 Å². The molecule has 104 valence electrons. The van der Waals surface area contributed by atoms with Crippen molar-refractivity contribution in [2.45, 2.75) is 6.54 Å². The van der Waals surface area contributed by atoms with Crippen LogP contribution in [0.4, 0.5) is 5.69 Å². The topological polar surface area (TPSA) is 45.0 Å². The van der Waals surface area contributed by atoms with Crippen molar-refractivity contribution in [1.29, 1.82) is 5.26 Å². The van der Waals surface area contributed by atoms with Gasteiger partial charge in [0.25, 0.3) is 0 Å². The third-order valence-electron chi connectivity index (χ3n) is 2.85. The summed E-state index contributed by atoms with van der Waals surface area (Å²) in [6, 6.07) is 15.3. The van der Waals surface area contributed by atoms with E-state index in [4.69, 9.17) is 16.4 Å². The van der Waals surface area contributed by atoms with Gasteiger partial charge in [-0.1, -0.05) is 34.0 Å². The van der Waals surface area contributed by atoms with Crippen LogP contribution in [-0.2, 0) is 6.54 Å². The second-order valence-corrected chi connectivity index (χ2v) is 5.17. The number of para-hydroxylation sites is 1. The number of hydrogen-bond donors (Lipinski definition) is 1. The molecule has 2 aromatic rings. The maximum absolute atomic E-state index is 9.09. The molecule has 0 aliphatic heterocycles. The van der Waals surface area contributed by atoms with Gasteiger partial charge in [0.05, 0.1) is 11.3 Å². The first-order valence-corrected chi connectivity index (χ1v) is 7.11. The van der Waals surface area contributed by atoms with E-state index >= 15 is 0 Å². The van der Waals surface area contributed by atoms with Gasteiger partial charge in [-0.15, -0.1) is 6.42 Å². The van der Waals surface area contributed by atoms with E-state index in [1.165, 1.54) is 0 Å². The summed E-state index contributed by atoms with van der Waals surface area (Å²) in [6.07, 6.45) is 5.22. The molecule has 0 bridgehead atoms. The molecule has 0 fully saturated rings. The summed E-state index contributed by atoms with van der Waals surface area (Å²) in [6.45, 7) is 0.765. The average Bonchev–Trinajstić information content (AvgIpc) is 2.52. The van der Waals surface area contributed by atoms with Crippen molar-refractivity contribution in [3.8, 4) is 24.2 Å². The predicted molar refractivity (Wildman–Crippen MR) is 87.0 cm³/mol. The van der Waals surface area contributed by atoms with Crippen molar-refractivity contribution in [1.82, 2.24) is 0 Å². The molecule has 0 atom stereocenters. The summed E-state index contributed by atoms with van der Waals surface area (Å²) in [7, 11) is 0. The molecule has 1 N–H and O–H groups in total. The fourth-order valence-corrected chi connectivity index (χ4v) is 2.28. The number of hydrogen-bond acceptors (Lipinski definition) is 3. The first kappa shape index (κ1) is 15.0. The van der Waals surface area contributed by atoms with Crippen LogP contribution in [0.1, 0.15) is 11.1 Å². The Hall–Kier alpha value is -2.43. The number of nitrogens with zero attached hydrogens (tertiary/aromatic N) is 1. The van der Waals surface area contributed by atoms with E-state index in [1.54, 1.807) is 6.07 Å². The lowest BCUT2D eigenvalue weighted by Crippen LogP contribution is -2.04.